The Kier molecular flexibility index (Phi) is 4.63. The third kappa shape index (κ3) is 3.74. The van der Waals surface area contributed by atoms with Crippen LogP contribution < -0.4 is 10.0 Å². The van der Waals surface area contributed by atoms with Crippen LogP contribution in [-0.2, 0) is 20.9 Å². The van der Waals surface area contributed by atoms with E-state index in [4.69, 9.17) is 4.74 Å². The van der Waals surface area contributed by atoms with E-state index in [1.165, 1.54) is 0 Å². The van der Waals surface area contributed by atoms with Crippen molar-refractivity contribution in [3.8, 4) is 0 Å². The summed E-state index contributed by atoms with van der Waals surface area (Å²) in [6, 6.07) is 3.33. The van der Waals surface area contributed by atoms with Crippen molar-refractivity contribution >= 4 is 10.0 Å². The molecule has 2 aliphatic heterocycles. The number of rotatable bonds is 3. The molecule has 24 heavy (non-hydrogen) atoms. The number of piperidine rings is 1. The molecule has 134 valence electrons. The molecule has 9 heteroatoms. The van der Waals surface area contributed by atoms with E-state index in [1.54, 1.807) is 0 Å². The van der Waals surface area contributed by atoms with Gasteiger partial charge in [-0.25, -0.2) is 13.1 Å². The molecule has 0 aliphatic carbocycles. The van der Waals surface area contributed by atoms with Crippen molar-refractivity contribution in [2.24, 2.45) is 0 Å². The molecule has 1 aromatic carbocycles. The number of halogens is 3. The molecule has 3 rings (SSSR count). The molecule has 1 spiro atoms. The molecular formula is C15H19F3N2O3S. The Bertz CT molecular complexity index is 700. The lowest BCUT2D eigenvalue weighted by Crippen LogP contribution is -2.43. The molecule has 0 radical (unpaired) electrons. The number of alkyl halides is 3. The SMILES string of the molecule is O=S(=O)(NC1COC2(CCNCC2)C1)c1cccc(C(F)(F)F)c1. The van der Waals surface area contributed by atoms with Gasteiger partial charge in [-0.15, -0.1) is 0 Å². The molecule has 2 heterocycles. The van der Waals surface area contributed by atoms with Gasteiger partial charge in [0, 0.05) is 6.04 Å². The van der Waals surface area contributed by atoms with Crippen LogP contribution in [0.1, 0.15) is 24.8 Å². The summed E-state index contributed by atoms with van der Waals surface area (Å²) in [4.78, 5) is -0.386. The standard InChI is InChI=1S/C15H19F3N2O3S/c16-15(17,18)11-2-1-3-13(8-11)24(21,22)20-12-9-14(23-10-12)4-6-19-7-5-14/h1-3,8,12,19-20H,4-7,9-10H2. The fraction of sp³-hybridized carbons (Fsp3) is 0.600. The van der Waals surface area contributed by atoms with Crippen LogP contribution in [0.25, 0.3) is 0 Å². The number of hydrogen-bond donors (Lipinski definition) is 2. The van der Waals surface area contributed by atoms with Crippen molar-refractivity contribution < 1.29 is 26.3 Å². The Labute approximate surface area is 138 Å². The van der Waals surface area contributed by atoms with Crippen LogP contribution >= 0.6 is 0 Å². The topological polar surface area (TPSA) is 67.4 Å². The van der Waals surface area contributed by atoms with Crippen molar-refractivity contribution in [1.82, 2.24) is 10.0 Å². The molecule has 0 bridgehead atoms. The highest BCUT2D eigenvalue weighted by Gasteiger charge is 2.42. The van der Waals surface area contributed by atoms with Gasteiger partial charge < -0.3 is 10.1 Å². The van der Waals surface area contributed by atoms with E-state index in [0.29, 0.717) is 12.5 Å². The third-order valence-corrected chi connectivity index (χ3v) is 6.04. The molecule has 2 fully saturated rings. The van der Waals surface area contributed by atoms with E-state index in [0.717, 1.165) is 44.1 Å². The third-order valence-electron chi connectivity index (χ3n) is 4.52. The molecule has 0 amide bonds. The summed E-state index contributed by atoms with van der Waals surface area (Å²) >= 11 is 0. The first kappa shape index (κ1) is 17.7. The normalized spacial score (nSPS) is 24.4. The predicted octanol–water partition coefficient (Wildman–Crippen LogP) is 1.89. The molecule has 0 aromatic heterocycles. The highest BCUT2D eigenvalue weighted by Crippen LogP contribution is 2.35. The zero-order valence-corrected chi connectivity index (χ0v) is 13.7. The zero-order chi connectivity index (χ0) is 17.4. The van der Waals surface area contributed by atoms with Gasteiger partial charge in [-0.1, -0.05) is 6.07 Å². The highest BCUT2D eigenvalue weighted by molar-refractivity contribution is 7.89. The first-order valence-corrected chi connectivity index (χ1v) is 9.23. The second-order valence-corrected chi connectivity index (χ2v) is 8.01. The summed E-state index contributed by atoms with van der Waals surface area (Å²) in [5, 5.41) is 3.22. The van der Waals surface area contributed by atoms with Gasteiger partial charge in [0.25, 0.3) is 0 Å². The molecule has 2 N–H and O–H groups in total. The van der Waals surface area contributed by atoms with Crippen LogP contribution in [0.2, 0.25) is 0 Å². The maximum atomic E-state index is 12.8. The number of benzene rings is 1. The van der Waals surface area contributed by atoms with Crippen LogP contribution in [0.5, 0.6) is 0 Å². The average Bonchev–Trinajstić information content (AvgIpc) is 2.89. The Morgan fingerprint density at radius 1 is 1.25 bits per heavy atom. The van der Waals surface area contributed by atoms with Gasteiger partial charge >= 0.3 is 6.18 Å². The largest absolute Gasteiger partial charge is 0.416 e. The van der Waals surface area contributed by atoms with E-state index >= 15 is 0 Å². The lowest BCUT2D eigenvalue weighted by Gasteiger charge is -2.32. The fourth-order valence-electron chi connectivity index (χ4n) is 3.28. The summed E-state index contributed by atoms with van der Waals surface area (Å²) in [5.74, 6) is 0. The monoisotopic (exact) mass is 364 g/mol. The van der Waals surface area contributed by atoms with Gasteiger partial charge in [-0.3, -0.25) is 0 Å². The second kappa shape index (κ2) is 6.29. The van der Waals surface area contributed by atoms with E-state index in [1.807, 2.05) is 0 Å². The molecule has 1 atom stereocenters. The van der Waals surface area contributed by atoms with E-state index in [-0.39, 0.29) is 17.1 Å². The first-order chi connectivity index (χ1) is 11.2. The summed E-state index contributed by atoms with van der Waals surface area (Å²) in [7, 11) is -4.03. The summed E-state index contributed by atoms with van der Waals surface area (Å²) < 4.78 is 71.3. The van der Waals surface area contributed by atoms with Gasteiger partial charge in [-0.05, 0) is 50.6 Å². The van der Waals surface area contributed by atoms with Crippen LogP contribution in [0.15, 0.2) is 29.2 Å². The minimum atomic E-state index is -4.58. The molecule has 1 unspecified atom stereocenters. The van der Waals surface area contributed by atoms with E-state index < -0.39 is 27.8 Å². The Morgan fingerprint density at radius 3 is 2.62 bits per heavy atom. The maximum Gasteiger partial charge on any atom is 0.416 e. The molecule has 2 saturated heterocycles. The number of hydrogen-bond acceptors (Lipinski definition) is 4. The van der Waals surface area contributed by atoms with E-state index in [2.05, 4.69) is 10.0 Å². The van der Waals surface area contributed by atoms with Crippen LogP contribution in [0.4, 0.5) is 13.2 Å². The average molecular weight is 364 g/mol. The van der Waals surface area contributed by atoms with E-state index in [9.17, 15) is 21.6 Å². The minimum absolute atomic E-state index is 0.234. The van der Waals surface area contributed by atoms with Gasteiger partial charge in [0.05, 0.1) is 22.7 Å². The van der Waals surface area contributed by atoms with Crippen molar-refractivity contribution in [2.45, 2.75) is 42.0 Å². The van der Waals surface area contributed by atoms with Crippen molar-refractivity contribution in [1.29, 1.82) is 0 Å². The summed E-state index contributed by atoms with van der Waals surface area (Å²) in [6.07, 6.45) is -2.45. The van der Waals surface area contributed by atoms with Gasteiger partial charge in [0.15, 0.2) is 0 Å². The molecular weight excluding hydrogens is 345 g/mol. The zero-order valence-electron chi connectivity index (χ0n) is 12.9. The summed E-state index contributed by atoms with van der Waals surface area (Å²) in [5.41, 5.74) is -1.31. The lowest BCUT2D eigenvalue weighted by atomic mass is 9.88. The van der Waals surface area contributed by atoms with Crippen molar-refractivity contribution in [3.63, 3.8) is 0 Å². The molecule has 1 aromatic rings. The van der Waals surface area contributed by atoms with Crippen molar-refractivity contribution in [2.75, 3.05) is 19.7 Å². The molecule has 5 nitrogen and oxygen atoms in total. The highest BCUT2D eigenvalue weighted by atomic mass is 32.2. The van der Waals surface area contributed by atoms with Crippen molar-refractivity contribution in [3.05, 3.63) is 29.8 Å². The second-order valence-electron chi connectivity index (χ2n) is 6.29. The number of nitrogens with one attached hydrogen (secondary N) is 2. The quantitative estimate of drug-likeness (QED) is 0.860. The Hall–Kier alpha value is -1.16. The van der Waals surface area contributed by atoms with Gasteiger partial charge in [0.1, 0.15) is 0 Å². The fourth-order valence-corrected chi connectivity index (χ4v) is 4.54. The number of ether oxygens (including phenoxy) is 1. The van der Waals surface area contributed by atoms with Gasteiger partial charge in [-0.2, -0.15) is 13.2 Å². The maximum absolute atomic E-state index is 12.8. The van der Waals surface area contributed by atoms with Crippen LogP contribution in [-0.4, -0.2) is 39.8 Å². The van der Waals surface area contributed by atoms with Gasteiger partial charge in [0.2, 0.25) is 10.0 Å². The van der Waals surface area contributed by atoms with Crippen LogP contribution in [0, 0.1) is 0 Å². The first-order valence-electron chi connectivity index (χ1n) is 7.75. The lowest BCUT2D eigenvalue weighted by molar-refractivity contribution is -0.137. The number of sulfonamides is 1. The Morgan fingerprint density at radius 2 is 1.96 bits per heavy atom. The molecule has 0 saturated carbocycles. The molecule has 2 aliphatic rings. The Balaban J connectivity index is 1.73. The predicted molar refractivity (Wildman–Crippen MR) is 81.0 cm³/mol. The summed E-state index contributed by atoms with van der Waals surface area (Å²) in [6.45, 7) is 1.86. The smallest absolute Gasteiger partial charge is 0.373 e. The van der Waals surface area contributed by atoms with Crippen LogP contribution in [0.3, 0.4) is 0 Å². The minimum Gasteiger partial charge on any atom is -0.373 e.